The molecular weight excluding hydrogens is 532 g/mol. The summed E-state index contributed by atoms with van der Waals surface area (Å²) in [6.45, 7) is 0. The Hall–Kier alpha value is -5.86. The molecule has 0 spiro atoms. The van der Waals surface area contributed by atoms with E-state index in [0.29, 0.717) is 11.7 Å². The van der Waals surface area contributed by atoms with Gasteiger partial charge in [-0.15, -0.1) is 0 Å². The van der Waals surface area contributed by atoms with Crippen LogP contribution in [0.1, 0.15) is 24.7 Å². The maximum absolute atomic E-state index is 9.71. The average molecular weight is 579 g/mol. The first-order chi connectivity index (χ1) is 29.3. The molecule has 0 saturated carbocycles. The van der Waals surface area contributed by atoms with Crippen LogP contribution in [0.2, 0.25) is 0 Å². The van der Waals surface area contributed by atoms with Crippen LogP contribution in [0, 0.1) is 0 Å². The minimum atomic E-state index is -0.766. The van der Waals surface area contributed by atoms with E-state index >= 15 is 0 Å². The van der Waals surface area contributed by atoms with Crippen molar-refractivity contribution in [3.63, 3.8) is 0 Å². The average Bonchev–Trinajstić information content (AvgIpc) is 3.78. The lowest BCUT2D eigenvalue weighted by Gasteiger charge is -2.10. The Morgan fingerprint density at radius 1 is 0.341 bits per heavy atom. The number of fused-ring (bicyclic) bond motifs is 6. The Bertz CT molecular complexity index is 3460. The summed E-state index contributed by atoms with van der Waals surface area (Å²) in [6.07, 6.45) is 0. The molecule has 0 aliphatic carbocycles. The molecule has 0 unspecified atom stereocenters. The van der Waals surface area contributed by atoms with Crippen molar-refractivity contribution in [1.82, 2.24) is 9.13 Å². The van der Waals surface area contributed by atoms with Gasteiger partial charge in [-0.3, -0.25) is 0 Å². The number of nitrogens with zero attached hydrogens (tertiary/aromatic N) is 2. The van der Waals surface area contributed by atoms with E-state index in [1.54, 1.807) is 48.5 Å². The lowest BCUT2D eigenvalue weighted by Crippen LogP contribution is -1.93. The van der Waals surface area contributed by atoms with E-state index in [9.17, 15) is 8.22 Å². The first-order valence-electron chi connectivity index (χ1n) is 22.6. The van der Waals surface area contributed by atoms with E-state index in [1.807, 2.05) is 0 Å². The van der Waals surface area contributed by atoms with Crippen molar-refractivity contribution in [1.29, 1.82) is 0 Å². The molecule has 2 aromatic heterocycles. The van der Waals surface area contributed by atoms with Gasteiger partial charge in [0.1, 0.15) is 0 Å². The summed E-state index contributed by atoms with van der Waals surface area (Å²) < 4.78 is 163. The second kappa shape index (κ2) is 9.86. The van der Waals surface area contributed by atoms with Crippen LogP contribution < -0.4 is 0 Å². The Morgan fingerprint density at radius 3 is 1.41 bits per heavy atom. The summed E-state index contributed by atoms with van der Waals surface area (Å²) >= 11 is 0. The lowest BCUT2D eigenvalue weighted by atomic mass is 10.0. The lowest BCUT2D eigenvalue weighted by molar-refractivity contribution is 1.18. The SMILES string of the molecule is [2H]c1ccc(-c2ccc(-n3c4c([2H])c([2H])c([2H])c([2H])c4c4c([2H])c(-c5c([2H])c([2H])c6c(c5[2H])c5c([2H])c([2H])c([2H])c([2H])c5n6-c5c([2H])cc([2H])cc5[2H])c([2H])c([2H])c43)cc2)cc1. The Morgan fingerprint density at radius 2 is 0.818 bits per heavy atom. The molecule has 9 rings (SSSR count). The zero-order valence-corrected chi connectivity index (χ0v) is 22.7. The Kier molecular flexibility index (Phi) is 2.87. The third-order valence-electron chi connectivity index (χ3n) is 7.55. The van der Waals surface area contributed by atoms with Gasteiger partial charge in [0.15, 0.2) is 0 Å². The smallest absolute Gasteiger partial charge is 0.0645 e. The predicted octanol–water partition coefficient (Wildman–Crippen LogP) is 11.2. The maximum atomic E-state index is 9.71. The quantitative estimate of drug-likeness (QED) is 0.197. The van der Waals surface area contributed by atoms with Crippen molar-refractivity contribution in [3.05, 3.63) is 169 Å². The van der Waals surface area contributed by atoms with E-state index in [4.69, 9.17) is 16.4 Å². The molecule has 0 atom stereocenters. The summed E-state index contributed by atoms with van der Waals surface area (Å²) in [6, 6.07) is 5.99. The fourth-order valence-electron chi connectivity index (χ4n) is 5.58. The van der Waals surface area contributed by atoms with Crippen LogP contribution in [0.5, 0.6) is 0 Å². The highest BCUT2D eigenvalue weighted by atomic mass is 15.0. The van der Waals surface area contributed by atoms with Crippen molar-refractivity contribution in [2.75, 3.05) is 0 Å². The van der Waals surface area contributed by atoms with Crippen LogP contribution in [0.4, 0.5) is 0 Å². The fraction of sp³-hybridized carbons (Fsp3) is 0. The molecule has 0 aliphatic rings. The van der Waals surface area contributed by atoms with Gasteiger partial charge in [-0.05, 0) is 82.7 Å². The molecule has 206 valence electrons. The van der Waals surface area contributed by atoms with E-state index in [0.717, 1.165) is 27.8 Å². The highest BCUT2D eigenvalue weighted by Gasteiger charge is 2.16. The molecule has 0 radical (unpaired) electrons. The Balaban J connectivity index is 1.44. The third kappa shape index (κ3) is 3.82. The van der Waals surface area contributed by atoms with E-state index < -0.39 is 108 Å². The molecule has 44 heavy (non-hydrogen) atoms. The zero-order valence-electron chi connectivity index (χ0n) is 40.7. The zero-order chi connectivity index (χ0) is 44.7. The number of hydrogen-bond donors (Lipinski definition) is 0. The second-order valence-corrected chi connectivity index (χ2v) is 9.99. The standard InChI is InChI=1S/C42H28N2/c1-3-11-29(12-4-1)30-19-23-34(24-20-30)44-40-18-10-8-16-36(40)38-28-32(22-26-42(38)44)31-21-25-41-37(27-31)35-15-7-9-17-39(35)43(41)33-13-5-2-6-14-33/h1-28H/i1D,2D,7D,8D,9D,10D,13D,14D,15D,16D,17D,18D,21D,22D,25D,26D,27D,28D. The van der Waals surface area contributed by atoms with Crippen LogP contribution in [-0.2, 0) is 0 Å². The van der Waals surface area contributed by atoms with E-state index in [1.165, 1.54) is 4.57 Å². The van der Waals surface area contributed by atoms with Crippen molar-refractivity contribution >= 4 is 43.6 Å². The summed E-state index contributed by atoms with van der Waals surface area (Å²) in [5.41, 5.74) is -0.415. The summed E-state index contributed by atoms with van der Waals surface area (Å²) in [5.74, 6) is 0. The molecule has 9 aromatic rings. The monoisotopic (exact) mass is 578 g/mol. The third-order valence-corrected chi connectivity index (χ3v) is 7.55. The van der Waals surface area contributed by atoms with Gasteiger partial charge in [0, 0.05) is 32.9 Å². The van der Waals surface area contributed by atoms with Crippen LogP contribution >= 0.6 is 0 Å². The molecule has 0 N–H and O–H groups in total. The van der Waals surface area contributed by atoms with Crippen molar-refractivity contribution < 1.29 is 24.7 Å². The van der Waals surface area contributed by atoms with Crippen LogP contribution in [-0.4, -0.2) is 9.13 Å². The van der Waals surface area contributed by atoms with Crippen molar-refractivity contribution in [3.8, 4) is 33.6 Å². The van der Waals surface area contributed by atoms with Gasteiger partial charge >= 0.3 is 0 Å². The highest BCUT2D eigenvalue weighted by molar-refractivity contribution is 6.12. The summed E-state index contributed by atoms with van der Waals surface area (Å²) in [5, 5.41) is -1.03. The van der Waals surface area contributed by atoms with Gasteiger partial charge in [0.2, 0.25) is 0 Å². The first kappa shape index (κ1) is 12.8. The van der Waals surface area contributed by atoms with E-state index in [2.05, 4.69) is 0 Å². The fourth-order valence-corrected chi connectivity index (χ4v) is 5.58. The van der Waals surface area contributed by atoms with Gasteiger partial charge < -0.3 is 9.13 Å². The summed E-state index contributed by atoms with van der Waals surface area (Å²) in [7, 11) is 0. The molecular formula is C42H28N2. The molecule has 0 aliphatic heterocycles. The number of aromatic nitrogens is 2. The topological polar surface area (TPSA) is 9.86 Å². The molecule has 2 heteroatoms. The molecule has 0 amide bonds. The predicted molar refractivity (Wildman–Crippen MR) is 186 cm³/mol. The second-order valence-electron chi connectivity index (χ2n) is 9.99. The number of benzene rings is 7. The van der Waals surface area contributed by atoms with Crippen molar-refractivity contribution in [2.24, 2.45) is 0 Å². The van der Waals surface area contributed by atoms with Gasteiger partial charge in [0.25, 0.3) is 0 Å². The normalized spacial score (nSPS) is 17.4. The molecule has 2 nitrogen and oxygen atoms in total. The highest BCUT2D eigenvalue weighted by Crippen LogP contribution is 2.38. The molecule has 2 heterocycles. The molecule has 7 aromatic carbocycles. The number of hydrogen-bond acceptors (Lipinski definition) is 0. The first-order valence-corrected chi connectivity index (χ1v) is 13.6. The molecule has 0 saturated heterocycles. The maximum Gasteiger partial charge on any atom is 0.0645 e. The summed E-state index contributed by atoms with van der Waals surface area (Å²) in [4.78, 5) is 0. The minimum Gasteiger partial charge on any atom is -0.309 e. The van der Waals surface area contributed by atoms with Gasteiger partial charge in [-0.2, -0.15) is 0 Å². The van der Waals surface area contributed by atoms with E-state index in [-0.39, 0.29) is 55.3 Å². The van der Waals surface area contributed by atoms with Gasteiger partial charge in [-0.25, -0.2) is 0 Å². The number of rotatable bonds is 4. The number of para-hydroxylation sites is 3. The van der Waals surface area contributed by atoms with Crippen LogP contribution in [0.15, 0.2) is 169 Å². The minimum absolute atomic E-state index is 0.111. The molecule has 0 fully saturated rings. The van der Waals surface area contributed by atoms with Crippen molar-refractivity contribution in [2.45, 2.75) is 0 Å². The largest absolute Gasteiger partial charge is 0.309 e. The van der Waals surface area contributed by atoms with Crippen LogP contribution in [0.3, 0.4) is 0 Å². The van der Waals surface area contributed by atoms with Gasteiger partial charge in [-0.1, -0.05) is 109 Å². The Labute approximate surface area is 281 Å². The van der Waals surface area contributed by atoms with Crippen LogP contribution in [0.25, 0.3) is 77.2 Å². The molecule has 0 bridgehead atoms. The van der Waals surface area contributed by atoms with Gasteiger partial charge in [0.05, 0.1) is 46.7 Å².